The lowest BCUT2D eigenvalue weighted by molar-refractivity contribution is 0.260. The summed E-state index contributed by atoms with van der Waals surface area (Å²) in [4.78, 5) is 10.8. The zero-order valence-electron chi connectivity index (χ0n) is 10.0. The van der Waals surface area contributed by atoms with Crippen molar-refractivity contribution < 1.29 is 9.53 Å². The molecule has 0 atom stereocenters. The Labute approximate surface area is 102 Å². The van der Waals surface area contributed by atoms with Gasteiger partial charge in [-0.1, -0.05) is 18.7 Å². The Hall–Kier alpha value is -1.16. The van der Waals surface area contributed by atoms with Crippen molar-refractivity contribution in [3.05, 3.63) is 28.3 Å². The Balaban J connectivity index is 3.15. The first-order valence-electron chi connectivity index (χ1n) is 5.07. The van der Waals surface area contributed by atoms with E-state index in [2.05, 4.69) is 24.0 Å². The zero-order chi connectivity index (χ0) is 12.3. The minimum atomic E-state index is -0.334. The Morgan fingerprint density at radius 1 is 1.38 bits per heavy atom. The van der Waals surface area contributed by atoms with Gasteiger partial charge in [-0.05, 0) is 37.5 Å². The van der Waals surface area contributed by atoms with Crippen molar-refractivity contribution in [3.63, 3.8) is 0 Å². The third-order valence-corrected chi connectivity index (χ3v) is 2.89. The number of thiol groups is 1. The molecule has 0 saturated heterocycles. The number of hydrogen-bond donors (Lipinski definition) is 2. The molecule has 4 heteroatoms. The second-order valence-electron chi connectivity index (χ2n) is 3.81. The lowest BCUT2D eigenvalue weighted by Crippen LogP contribution is -2.17. The molecule has 1 aromatic rings. The van der Waals surface area contributed by atoms with E-state index in [9.17, 15) is 4.79 Å². The Kier molecular flexibility index (Phi) is 4.24. The fourth-order valence-corrected chi connectivity index (χ4v) is 1.84. The number of aryl methyl sites for hydroxylation is 2. The van der Waals surface area contributed by atoms with Crippen LogP contribution in [-0.4, -0.2) is 12.3 Å². The standard InChI is InChI=1S/C12H17NO2S/c1-7-5-8(2)10(6-13-12(14)16)11(15-4)9(7)3/h5H,6H2,1-4H3,(H2,13,14,16). The lowest BCUT2D eigenvalue weighted by Gasteiger charge is -2.16. The number of ether oxygens (including phenoxy) is 1. The SMILES string of the molecule is COc1c(C)c(C)cc(C)c1CNC(=O)S. The van der Waals surface area contributed by atoms with E-state index in [1.54, 1.807) is 7.11 Å². The van der Waals surface area contributed by atoms with Crippen LogP contribution in [0.25, 0.3) is 0 Å². The van der Waals surface area contributed by atoms with Crippen molar-refractivity contribution in [2.24, 2.45) is 0 Å². The van der Waals surface area contributed by atoms with Crippen molar-refractivity contribution in [3.8, 4) is 5.75 Å². The molecule has 1 rings (SSSR count). The molecule has 0 radical (unpaired) electrons. The second-order valence-corrected chi connectivity index (χ2v) is 4.21. The molecule has 1 amide bonds. The van der Waals surface area contributed by atoms with E-state index in [0.717, 1.165) is 22.4 Å². The van der Waals surface area contributed by atoms with Gasteiger partial charge in [0.2, 0.25) is 0 Å². The number of benzene rings is 1. The highest BCUT2D eigenvalue weighted by atomic mass is 32.1. The summed E-state index contributed by atoms with van der Waals surface area (Å²) < 4.78 is 5.39. The van der Waals surface area contributed by atoms with Gasteiger partial charge in [0.15, 0.2) is 0 Å². The van der Waals surface area contributed by atoms with Gasteiger partial charge in [-0.25, -0.2) is 0 Å². The predicted molar refractivity (Wildman–Crippen MR) is 68.4 cm³/mol. The summed E-state index contributed by atoms with van der Waals surface area (Å²) in [6.07, 6.45) is 0. The molecule has 0 heterocycles. The summed E-state index contributed by atoms with van der Waals surface area (Å²) in [5, 5.41) is 2.34. The molecule has 0 unspecified atom stereocenters. The van der Waals surface area contributed by atoms with E-state index in [0.29, 0.717) is 6.54 Å². The monoisotopic (exact) mass is 239 g/mol. The number of amides is 1. The van der Waals surface area contributed by atoms with E-state index in [1.165, 1.54) is 5.56 Å². The first-order valence-corrected chi connectivity index (χ1v) is 5.52. The molecule has 88 valence electrons. The Bertz CT molecular complexity index is 416. The molecular formula is C12H17NO2S. The van der Waals surface area contributed by atoms with Crippen LogP contribution in [0.1, 0.15) is 22.3 Å². The third kappa shape index (κ3) is 2.70. The van der Waals surface area contributed by atoms with Crippen molar-refractivity contribution >= 4 is 17.9 Å². The highest BCUT2D eigenvalue weighted by Crippen LogP contribution is 2.29. The summed E-state index contributed by atoms with van der Waals surface area (Å²) in [5.74, 6) is 0.847. The van der Waals surface area contributed by atoms with Gasteiger partial charge >= 0.3 is 0 Å². The summed E-state index contributed by atoms with van der Waals surface area (Å²) in [6.45, 7) is 6.51. The molecule has 0 aliphatic rings. The van der Waals surface area contributed by atoms with Crippen LogP contribution in [0.3, 0.4) is 0 Å². The fraction of sp³-hybridized carbons (Fsp3) is 0.417. The van der Waals surface area contributed by atoms with Crippen LogP contribution in [0, 0.1) is 20.8 Å². The van der Waals surface area contributed by atoms with Gasteiger partial charge in [0.25, 0.3) is 5.24 Å². The average Bonchev–Trinajstić information content (AvgIpc) is 2.21. The van der Waals surface area contributed by atoms with Gasteiger partial charge in [0.1, 0.15) is 5.75 Å². The Morgan fingerprint density at radius 3 is 2.50 bits per heavy atom. The maximum absolute atomic E-state index is 10.8. The molecule has 0 aliphatic heterocycles. The first kappa shape index (κ1) is 12.9. The highest BCUT2D eigenvalue weighted by Gasteiger charge is 2.12. The number of rotatable bonds is 3. The smallest absolute Gasteiger partial charge is 0.276 e. The predicted octanol–water partition coefficient (Wildman–Crippen LogP) is 2.76. The molecule has 0 fully saturated rings. The molecule has 0 aliphatic carbocycles. The first-order chi connectivity index (χ1) is 7.47. The zero-order valence-corrected chi connectivity index (χ0v) is 10.9. The van der Waals surface area contributed by atoms with Crippen LogP contribution in [-0.2, 0) is 6.54 Å². The van der Waals surface area contributed by atoms with Crippen LogP contribution in [0.4, 0.5) is 4.79 Å². The van der Waals surface area contributed by atoms with E-state index < -0.39 is 0 Å². The summed E-state index contributed by atoms with van der Waals surface area (Å²) in [7, 11) is 1.65. The summed E-state index contributed by atoms with van der Waals surface area (Å²) >= 11 is 3.68. The summed E-state index contributed by atoms with van der Waals surface area (Å²) in [6, 6.07) is 2.10. The van der Waals surface area contributed by atoms with Crippen LogP contribution in [0.15, 0.2) is 6.07 Å². The van der Waals surface area contributed by atoms with Crippen molar-refractivity contribution in [2.45, 2.75) is 27.3 Å². The molecule has 3 nitrogen and oxygen atoms in total. The average molecular weight is 239 g/mol. The van der Waals surface area contributed by atoms with E-state index >= 15 is 0 Å². The molecule has 0 aromatic heterocycles. The maximum atomic E-state index is 10.8. The van der Waals surface area contributed by atoms with Crippen molar-refractivity contribution in [1.82, 2.24) is 5.32 Å². The number of methoxy groups -OCH3 is 1. The number of nitrogens with one attached hydrogen (secondary N) is 1. The molecule has 0 spiro atoms. The number of carbonyl (C=O) groups is 1. The van der Waals surface area contributed by atoms with Crippen LogP contribution in [0.5, 0.6) is 5.75 Å². The van der Waals surface area contributed by atoms with Gasteiger partial charge in [-0.3, -0.25) is 4.79 Å². The topological polar surface area (TPSA) is 38.3 Å². The molecule has 0 saturated carbocycles. The Morgan fingerprint density at radius 2 is 2.00 bits per heavy atom. The number of carbonyl (C=O) groups excluding carboxylic acids is 1. The van der Waals surface area contributed by atoms with Crippen molar-refractivity contribution in [2.75, 3.05) is 7.11 Å². The van der Waals surface area contributed by atoms with E-state index in [1.807, 2.05) is 20.8 Å². The van der Waals surface area contributed by atoms with Gasteiger partial charge in [0, 0.05) is 12.1 Å². The molecular weight excluding hydrogens is 222 g/mol. The minimum Gasteiger partial charge on any atom is -0.496 e. The highest BCUT2D eigenvalue weighted by molar-refractivity contribution is 7.96. The molecule has 1 N–H and O–H groups in total. The van der Waals surface area contributed by atoms with Crippen LogP contribution in [0.2, 0.25) is 0 Å². The van der Waals surface area contributed by atoms with E-state index in [-0.39, 0.29) is 5.24 Å². The lowest BCUT2D eigenvalue weighted by atomic mass is 9.99. The fourth-order valence-electron chi connectivity index (χ4n) is 1.76. The normalized spacial score (nSPS) is 10.1. The van der Waals surface area contributed by atoms with Gasteiger partial charge in [0.05, 0.1) is 7.11 Å². The molecule has 1 aromatic carbocycles. The molecule has 16 heavy (non-hydrogen) atoms. The largest absolute Gasteiger partial charge is 0.496 e. The van der Waals surface area contributed by atoms with Crippen LogP contribution < -0.4 is 10.1 Å². The van der Waals surface area contributed by atoms with Crippen LogP contribution >= 0.6 is 12.6 Å². The number of hydrogen-bond acceptors (Lipinski definition) is 2. The van der Waals surface area contributed by atoms with Crippen molar-refractivity contribution in [1.29, 1.82) is 0 Å². The second kappa shape index (κ2) is 5.25. The summed E-state index contributed by atoms with van der Waals surface area (Å²) in [5.41, 5.74) is 4.42. The van der Waals surface area contributed by atoms with Gasteiger partial charge < -0.3 is 10.1 Å². The maximum Gasteiger partial charge on any atom is 0.276 e. The van der Waals surface area contributed by atoms with Gasteiger partial charge in [-0.2, -0.15) is 0 Å². The minimum absolute atomic E-state index is 0.334. The van der Waals surface area contributed by atoms with Gasteiger partial charge in [-0.15, -0.1) is 0 Å². The molecule has 0 bridgehead atoms. The third-order valence-electron chi connectivity index (χ3n) is 2.74. The van der Waals surface area contributed by atoms with E-state index in [4.69, 9.17) is 4.74 Å². The quantitative estimate of drug-likeness (QED) is 0.796.